The Kier molecular flexibility index (Phi) is 5.17. The molecule has 1 atom stereocenters. The van der Waals surface area contributed by atoms with Crippen LogP contribution in [0.2, 0.25) is 0 Å². The first kappa shape index (κ1) is 18.3. The normalized spacial score (nSPS) is 15.3. The van der Waals surface area contributed by atoms with Gasteiger partial charge in [0.15, 0.2) is 0 Å². The van der Waals surface area contributed by atoms with Crippen molar-refractivity contribution < 1.29 is 36.6 Å². The van der Waals surface area contributed by atoms with E-state index in [-0.39, 0.29) is 17.7 Å². The van der Waals surface area contributed by atoms with E-state index in [0.29, 0.717) is 0 Å². The quantitative estimate of drug-likeness (QED) is 0.663. The summed E-state index contributed by atoms with van der Waals surface area (Å²) in [6.07, 6.45) is -7.70. The van der Waals surface area contributed by atoms with Crippen LogP contribution in [0.5, 0.6) is 0 Å². The second-order valence-corrected chi connectivity index (χ2v) is 4.92. The molecule has 0 aliphatic rings. The standard InChI is InChI=1S/C14H15F5O3/c1-3-22-11(20)9-6-4-5-7-10(9)12(2,21)8-13(15,16)14(17,18)19/h4-7,21H,3,8H2,1-2H3. The third kappa shape index (κ3) is 3.94. The monoisotopic (exact) mass is 326 g/mol. The van der Waals surface area contributed by atoms with Gasteiger partial charge in [-0.15, -0.1) is 0 Å². The molecule has 0 aromatic heterocycles. The van der Waals surface area contributed by atoms with Crippen LogP contribution in [0.25, 0.3) is 0 Å². The van der Waals surface area contributed by atoms with Crippen molar-refractivity contribution in [3.8, 4) is 0 Å². The van der Waals surface area contributed by atoms with Crippen LogP contribution < -0.4 is 0 Å². The molecule has 0 bridgehead atoms. The molecule has 0 saturated carbocycles. The van der Waals surface area contributed by atoms with Gasteiger partial charge < -0.3 is 9.84 Å². The number of rotatable bonds is 5. The molecule has 0 aliphatic carbocycles. The van der Waals surface area contributed by atoms with E-state index in [4.69, 9.17) is 4.74 Å². The minimum absolute atomic E-state index is 0.00593. The maximum Gasteiger partial charge on any atom is 0.453 e. The summed E-state index contributed by atoms with van der Waals surface area (Å²) in [6.45, 7) is 2.30. The molecule has 0 fully saturated rings. The van der Waals surface area contributed by atoms with Crippen molar-refractivity contribution in [2.24, 2.45) is 0 Å². The van der Waals surface area contributed by atoms with Crippen molar-refractivity contribution in [2.45, 2.75) is 38.0 Å². The smallest absolute Gasteiger partial charge is 0.453 e. The minimum atomic E-state index is -5.80. The molecule has 0 heterocycles. The van der Waals surface area contributed by atoms with E-state index in [1.165, 1.54) is 25.1 Å². The van der Waals surface area contributed by atoms with E-state index in [1.807, 2.05) is 0 Å². The highest BCUT2D eigenvalue weighted by molar-refractivity contribution is 5.91. The van der Waals surface area contributed by atoms with Gasteiger partial charge in [-0.1, -0.05) is 18.2 Å². The molecular formula is C14H15F5O3. The van der Waals surface area contributed by atoms with E-state index in [1.54, 1.807) is 0 Å². The molecule has 22 heavy (non-hydrogen) atoms. The fourth-order valence-corrected chi connectivity index (χ4v) is 1.97. The molecule has 1 N–H and O–H groups in total. The first-order valence-corrected chi connectivity index (χ1v) is 6.36. The van der Waals surface area contributed by atoms with Crippen molar-refractivity contribution in [3.63, 3.8) is 0 Å². The number of aliphatic hydroxyl groups is 1. The van der Waals surface area contributed by atoms with Crippen molar-refractivity contribution in [3.05, 3.63) is 35.4 Å². The lowest BCUT2D eigenvalue weighted by molar-refractivity contribution is -0.297. The summed E-state index contributed by atoms with van der Waals surface area (Å²) in [5.74, 6) is -6.01. The Hall–Kier alpha value is -1.70. The van der Waals surface area contributed by atoms with Crippen molar-refractivity contribution in [1.29, 1.82) is 0 Å². The van der Waals surface area contributed by atoms with Crippen LogP contribution in [-0.4, -0.2) is 29.8 Å². The lowest BCUT2D eigenvalue weighted by atomic mass is 9.86. The fraction of sp³-hybridized carbons (Fsp3) is 0.500. The summed E-state index contributed by atoms with van der Waals surface area (Å²) in [7, 11) is 0. The number of hydrogen-bond donors (Lipinski definition) is 1. The van der Waals surface area contributed by atoms with Gasteiger partial charge in [-0.05, 0) is 25.5 Å². The van der Waals surface area contributed by atoms with Crippen molar-refractivity contribution >= 4 is 5.97 Å². The largest absolute Gasteiger partial charge is 0.462 e. The first-order valence-electron chi connectivity index (χ1n) is 6.36. The van der Waals surface area contributed by atoms with Gasteiger partial charge in [0, 0.05) is 0 Å². The Morgan fingerprint density at radius 3 is 2.23 bits per heavy atom. The maximum atomic E-state index is 13.2. The Balaban J connectivity index is 3.21. The predicted octanol–water partition coefficient (Wildman–Crippen LogP) is 3.66. The average molecular weight is 326 g/mol. The summed E-state index contributed by atoms with van der Waals surface area (Å²) in [5.41, 5.74) is -3.17. The average Bonchev–Trinajstić information content (AvgIpc) is 2.36. The summed E-state index contributed by atoms with van der Waals surface area (Å²) >= 11 is 0. The number of halogens is 5. The summed E-state index contributed by atoms with van der Waals surface area (Å²) in [5, 5.41) is 10.1. The number of alkyl halides is 5. The SMILES string of the molecule is CCOC(=O)c1ccccc1C(C)(O)CC(F)(F)C(F)(F)F. The van der Waals surface area contributed by atoms with Crippen LogP contribution in [0.4, 0.5) is 22.0 Å². The lowest BCUT2D eigenvalue weighted by Crippen LogP contribution is -2.43. The molecule has 124 valence electrons. The predicted molar refractivity (Wildman–Crippen MR) is 67.6 cm³/mol. The molecule has 0 aliphatic heterocycles. The zero-order chi connectivity index (χ0) is 17.2. The Morgan fingerprint density at radius 1 is 1.18 bits per heavy atom. The molecule has 0 spiro atoms. The number of ether oxygens (including phenoxy) is 1. The molecule has 1 rings (SSSR count). The van der Waals surface area contributed by atoms with E-state index in [9.17, 15) is 31.9 Å². The Morgan fingerprint density at radius 2 is 1.73 bits per heavy atom. The number of hydrogen-bond acceptors (Lipinski definition) is 3. The minimum Gasteiger partial charge on any atom is -0.462 e. The van der Waals surface area contributed by atoms with Crippen LogP contribution in [0.3, 0.4) is 0 Å². The van der Waals surface area contributed by atoms with E-state index < -0.39 is 30.1 Å². The molecule has 0 amide bonds. The highest BCUT2D eigenvalue weighted by Crippen LogP contribution is 2.44. The third-order valence-electron chi connectivity index (χ3n) is 2.98. The third-order valence-corrected chi connectivity index (χ3v) is 2.98. The van der Waals surface area contributed by atoms with Crippen molar-refractivity contribution in [2.75, 3.05) is 6.61 Å². The molecule has 0 radical (unpaired) electrons. The van der Waals surface area contributed by atoms with Gasteiger partial charge in [0.1, 0.15) is 0 Å². The molecule has 1 aromatic carbocycles. The lowest BCUT2D eigenvalue weighted by Gasteiger charge is -2.31. The second kappa shape index (κ2) is 6.20. The number of carbonyl (C=O) groups excluding carboxylic acids is 1. The van der Waals surface area contributed by atoms with E-state index >= 15 is 0 Å². The zero-order valence-electron chi connectivity index (χ0n) is 11.9. The molecule has 3 nitrogen and oxygen atoms in total. The topological polar surface area (TPSA) is 46.5 Å². The summed E-state index contributed by atoms with van der Waals surface area (Å²) < 4.78 is 68.0. The van der Waals surface area contributed by atoms with Gasteiger partial charge in [-0.25, -0.2) is 4.79 Å². The highest BCUT2D eigenvalue weighted by Gasteiger charge is 2.60. The molecule has 8 heteroatoms. The number of carbonyl (C=O) groups is 1. The van der Waals surface area contributed by atoms with Crippen LogP contribution in [-0.2, 0) is 10.3 Å². The van der Waals surface area contributed by atoms with Crippen LogP contribution in [0.1, 0.15) is 36.2 Å². The van der Waals surface area contributed by atoms with E-state index in [0.717, 1.165) is 13.0 Å². The number of benzene rings is 1. The van der Waals surface area contributed by atoms with E-state index in [2.05, 4.69) is 0 Å². The second-order valence-electron chi connectivity index (χ2n) is 4.92. The van der Waals surface area contributed by atoms with Gasteiger partial charge in [0.2, 0.25) is 0 Å². The summed E-state index contributed by atoms with van der Waals surface area (Å²) in [6, 6.07) is 5.00. The first-order chi connectivity index (χ1) is 9.92. The molecule has 1 aromatic rings. The Labute approximate surface area is 123 Å². The van der Waals surface area contributed by atoms with Gasteiger partial charge in [0.05, 0.1) is 24.2 Å². The van der Waals surface area contributed by atoms with Crippen LogP contribution in [0.15, 0.2) is 24.3 Å². The van der Waals surface area contributed by atoms with Crippen molar-refractivity contribution in [1.82, 2.24) is 0 Å². The maximum absolute atomic E-state index is 13.2. The molecule has 1 unspecified atom stereocenters. The van der Waals surface area contributed by atoms with Crippen LogP contribution >= 0.6 is 0 Å². The van der Waals surface area contributed by atoms with Gasteiger partial charge in [0.25, 0.3) is 0 Å². The zero-order valence-corrected chi connectivity index (χ0v) is 11.9. The summed E-state index contributed by atoms with van der Waals surface area (Å²) in [4.78, 5) is 11.7. The van der Waals surface area contributed by atoms with Crippen LogP contribution in [0, 0.1) is 0 Å². The van der Waals surface area contributed by atoms with Gasteiger partial charge in [-0.2, -0.15) is 22.0 Å². The fourth-order valence-electron chi connectivity index (χ4n) is 1.97. The van der Waals surface area contributed by atoms with Gasteiger partial charge >= 0.3 is 18.1 Å². The molecule has 0 saturated heterocycles. The number of esters is 1. The highest BCUT2D eigenvalue weighted by atomic mass is 19.4. The Bertz CT molecular complexity index is 538. The molecular weight excluding hydrogens is 311 g/mol. The van der Waals surface area contributed by atoms with Gasteiger partial charge in [-0.3, -0.25) is 0 Å².